The number of benzene rings is 2. The van der Waals surface area contributed by atoms with Crippen molar-refractivity contribution in [2.75, 3.05) is 6.61 Å². The molecule has 4 nitrogen and oxygen atoms in total. The average molecular weight is 290 g/mol. The van der Waals surface area contributed by atoms with E-state index >= 15 is 0 Å². The molecule has 0 amide bonds. The number of thiol groups is 1. The number of hydrogen-bond acceptors (Lipinski definition) is 4. The predicted octanol–water partition coefficient (Wildman–Crippen LogP) is 3.37. The Kier molecular flexibility index (Phi) is 5.03. The molecule has 0 aliphatic carbocycles. The molecule has 0 saturated heterocycles. The Hall–Kier alpha value is -1.98. The normalized spacial score (nSPS) is 10.2. The Bertz CT molecular complexity index is 563. The highest BCUT2D eigenvalue weighted by atomic mass is 32.1. The van der Waals surface area contributed by atoms with Crippen LogP contribution in [0.15, 0.2) is 53.4 Å². The molecule has 5 heteroatoms. The zero-order valence-corrected chi connectivity index (χ0v) is 11.5. The van der Waals surface area contributed by atoms with Crippen molar-refractivity contribution in [3.63, 3.8) is 0 Å². The van der Waals surface area contributed by atoms with Gasteiger partial charge in [0.2, 0.25) is 0 Å². The van der Waals surface area contributed by atoms with Crippen LogP contribution < -0.4 is 4.74 Å². The molecule has 104 valence electrons. The molecular weight excluding hydrogens is 276 g/mol. The highest BCUT2D eigenvalue weighted by Crippen LogP contribution is 2.22. The molecule has 1 N–H and O–H groups in total. The topological polar surface area (TPSA) is 55.8 Å². The van der Waals surface area contributed by atoms with Gasteiger partial charge >= 0.3 is 5.97 Å². The largest absolute Gasteiger partial charge is 0.480 e. The first kappa shape index (κ1) is 14.4. The summed E-state index contributed by atoms with van der Waals surface area (Å²) in [6.07, 6.45) is 0. The predicted molar refractivity (Wildman–Crippen MR) is 77.5 cm³/mol. The van der Waals surface area contributed by atoms with E-state index < -0.39 is 5.97 Å². The third-order valence-electron chi connectivity index (χ3n) is 2.49. The minimum atomic E-state index is -0.974. The molecule has 0 fully saturated rings. The van der Waals surface area contributed by atoms with Crippen LogP contribution >= 0.6 is 12.6 Å². The summed E-state index contributed by atoms with van der Waals surface area (Å²) in [7, 11) is 0. The van der Waals surface area contributed by atoms with E-state index in [2.05, 4.69) is 12.6 Å². The van der Waals surface area contributed by atoms with Crippen molar-refractivity contribution in [3.8, 4) is 11.5 Å². The quantitative estimate of drug-likeness (QED) is 0.801. The lowest BCUT2D eigenvalue weighted by Crippen LogP contribution is -2.06. The van der Waals surface area contributed by atoms with E-state index in [0.29, 0.717) is 5.75 Å². The van der Waals surface area contributed by atoms with Crippen LogP contribution in [-0.4, -0.2) is 17.7 Å². The van der Waals surface area contributed by atoms with Crippen LogP contribution in [0.1, 0.15) is 5.56 Å². The summed E-state index contributed by atoms with van der Waals surface area (Å²) in [6.45, 7) is -0.0325. The number of rotatable bonds is 6. The van der Waals surface area contributed by atoms with Gasteiger partial charge in [0.05, 0.1) is 6.61 Å². The van der Waals surface area contributed by atoms with E-state index in [1.165, 1.54) is 0 Å². The number of hydrogen-bond donors (Lipinski definition) is 2. The smallest absolute Gasteiger partial charge is 0.329 e. The molecular formula is C15H14O4S. The molecule has 0 aliphatic rings. The lowest BCUT2D eigenvalue weighted by atomic mass is 10.2. The average Bonchev–Trinajstić information content (AvgIpc) is 2.43. The molecule has 0 saturated carbocycles. The number of ether oxygens (including phenoxy) is 2. The number of carboxylic acid groups (broad SMARTS) is 1. The van der Waals surface area contributed by atoms with Crippen LogP contribution in [0.3, 0.4) is 0 Å². The summed E-state index contributed by atoms with van der Waals surface area (Å²) >= 11 is 4.21. The van der Waals surface area contributed by atoms with Crippen LogP contribution in [-0.2, 0) is 16.1 Å². The Morgan fingerprint density at radius 2 is 1.55 bits per heavy atom. The molecule has 0 atom stereocenters. The van der Waals surface area contributed by atoms with Crippen LogP contribution in [0.25, 0.3) is 0 Å². The molecule has 2 aromatic carbocycles. The maximum atomic E-state index is 10.3. The molecule has 2 rings (SSSR count). The zero-order valence-electron chi connectivity index (χ0n) is 10.7. The summed E-state index contributed by atoms with van der Waals surface area (Å²) in [5.41, 5.74) is 0.893. The van der Waals surface area contributed by atoms with Gasteiger partial charge in [-0.05, 0) is 42.0 Å². The van der Waals surface area contributed by atoms with Gasteiger partial charge in [0, 0.05) is 4.90 Å². The van der Waals surface area contributed by atoms with Gasteiger partial charge in [-0.1, -0.05) is 12.1 Å². The molecule has 0 spiro atoms. The van der Waals surface area contributed by atoms with E-state index in [1.807, 2.05) is 48.5 Å². The second kappa shape index (κ2) is 6.98. The Balaban J connectivity index is 1.91. The summed E-state index contributed by atoms with van der Waals surface area (Å²) in [6, 6.07) is 14.7. The fourth-order valence-electron chi connectivity index (χ4n) is 1.56. The lowest BCUT2D eigenvalue weighted by molar-refractivity contribution is -0.142. The number of aliphatic carboxylic acids is 1. The van der Waals surface area contributed by atoms with E-state index in [0.717, 1.165) is 16.2 Å². The van der Waals surface area contributed by atoms with Crippen molar-refractivity contribution < 1.29 is 19.4 Å². The minimum absolute atomic E-state index is 0.265. The van der Waals surface area contributed by atoms with E-state index in [9.17, 15) is 4.79 Å². The summed E-state index contributed by atoms with van der Waals surface area (Å²) in [5, 5.41) is 8.47. The van der Waals surface area contributed by atoms with Gasteiger partial charge in [0.1, 0.15) is 18.1 Å². The molecule has 0 bridgehead atoms. The first-order valence-corrected chi connectivity index (χ1v) is 6.43. The van der Waals surface area contributed by atoms with Crippen molar-refractivity contribution in [2.45, 2.75) is 11.5 Å². The standard InChI is InChI=1S/C15H14O4S/c16-15(17)10-18-9-11-1-3-12(4-2-11)19-13-5-7-14(20)8-6-13/h1-8,20H,9-10H2,(H,16,17). The molecule has 0 aliphatic heterocycles. The van der Waals surface area contributed by atoms with Gasteiger partial charge in [-0.15, -0.1) is 12.6 Å². The molecule has 2 aromatic rings. The number of carbonyl (C=O) groups is 1. The van der Waals surface area contributed by atoms with Crippen molar-refractivity contribution >= 4 is 18.6 Å². The summed E-state index contributed by atoms with van der Waals surface area (Å²) < 4.78 is 10.7. The molecule has 0 heterocycles. The van der Waals surface area contributed by atoms with E-state index in [1.54, 1.807) is 0 Å². The Morgan fingerprint density at radius 3 is 2.10 bits per heavy atom. The van der Waals surface area contributed by atoms with Crippen molar-refractivity contribution in [2.24, 2.45) is 0 Å². The van der Waals surface area contributed by atoms with E-state index in [4.69, 9.17) is 14.6 Å². The second-order valence-corrected chi connectivity index (χ2v) is 4.64. The maximum Gasteiger partial charge on any atom is 0.329 e. The van der Waals surface area contributed by atoms with Gasteiger partial charge in [0.15, 0.2) is 0 Å². The Labute approximate surface area is 122 Å². The van der Waals surface area contributed by atoms with Crippen LogP contribution in [0.4, 0.5) is 0 Å². The fourth-order valence-corrected chi connectivity index (χ4v) is 1.71. The monoisotopic (exact) mass is 290 g/mol. The SMILES string of the molecule is O=C(O)COCc1ccc(Oc2ccc(S)cc2)cc1. The van der Waals surface area contributed by atoms with Gasteiger partial charge < -0.3 is 14.6 Å². The molecule has 0 unspecified atom stereocenters. The Morgan fingerprint density at radius 1 is 1.00 bits per heavy atom. The van der Waals surface area contributed by atoms with Gasteiger partial charge in [0.25, 0.3) is 0 Å². The second-order valence-electron chi connectivity index (χ2n) is 4.13. The van der Waals surface area contributed by atoms with Crippen LogP contribution in [0.5, 0.6) is 11.5 Å². The fraction of sp³-hybridized carbons (Fsp3) is 0.133. The minimum Gasteiger partial charge on any atom is -0.480 e. The molecule has 0 radical (unpaired) electrons. The highest BCUT2D eigenvalue weighted by molar-refractivity contribution is 7.80. The van der Waals surface area contributed by atoms with Crippen molar-refractivity contribution in [1.29, 1.82) is 0 Å². The summed E-state index contributed by atoms with van der Waals surface area (Å²) in [5.74, 6) is 0.467. The van der Waals surface area contributed by atoms with Crippen LogP contribution in [0.2, 0.25) is 0 Å². The van der Waals surface area contributed by atoms with E-state index in [-0.39, 0.29) is 13.2 Å². The van der Waals surface area contributed by atoms with Crippen molar-refractivity contribution in [3.05, 3.63) is 54.1 Å². The van der Waals surface area contributed by atoms with Gasteiger partial charge in [-0.2, -0.15) is 0 Å². The highest BCUT2D eigenvalue weighted by Gasteiger charge is 2.00. The van der Waals surface area contributed by atoms with Gasteiger partial charge in [-0.25, -0.2) is 4.79 Å². The summed E-state index contributed by atoms with van der Waals surface area (Å²) in [4.78, 5) is 11.2. The van der Waals surface area contributed by atoms with Crippen molar-refractivity contribution in [1.82, 2.24) is 0 Å². The first-order chi connectivity index (χ1) is 9.63. The molecule has 0 aromatic heterocycles. The molecule has 20 heavy (non-hydrogen) atoms. The lowest BCUT2D eigenvalue weighted by Gasteiger charge is -2.07. The van der Waals surface area contributed by atoms with Crippen LogP contribution in [0, 0.1) is 0 Å². The van der Waals surface area contributed by atoms with Gasteiger partial charge in [-0.3, -0.25) is 0 Å². The third kappa shape index (κ3) is 4.60. The third-order valence-corrected chi connectivity index (χ3v) is 2.79. The first-order valence-electron chi connectivity index (χ1n) is 5.99. The zero-order chi connectivity index (χ0) is 14.4. The maximum absolute atomic E-state index is 10.3. The number of carboxylic acids is 1.